The molecule has 174 valence electrons. The average Bonchev–Trinajstić information content (AvgIpc) is 3.48. The molecule has 1 spiro atoms. The molecule has 1 amide bonds. The Labute approximate surface area is 209 Å². The highest BCUT2D eigenvalue weighted by atomic mass is 79.9. The predicted molar refractivity (Wildman–Crippen MR) is 137 cm³/mol. The maximum absolute atomic E-state index is 14.3. The van der Waals surface area contributed by atoms with Gasteiger partial charge in [-0.3, -0.25) is 4.79 Å². The van der Waals surface area contributed by atoms with E-state index >= 15 is 0 Å². The highest BCUT2D eigenvalue weighted by Gasteiger charge is 2.54. The Hall–Kier alpha value is -2.63. The van der Waals surface area contributed by atoms with Crippen molar-refractivity contribution in [2.45, 2.75) is 30.2 Å². The third kappa shape index (κ3) is 3.66. The Kier molecular flexibility index (Phi) is 5.70. The van der Waals surface area contributed by atoms with Crippen LogP contribution in [0.2, 0.25) is 0 Å². The molecule has 2 saturated heterocycles. The minimum atomic E-state index is -0.301. The molecule has 6 rings (SSSR count). The fourth-order valence-electron chi connectivity index (χ4n) is 6.28. The molecule has 4 nitrogen and oxygen atoms in total. The van der Waals surface area contributed by atoms with Gasteiger partial charge in [0.15, 0.2) is 0 Å². The van der Waals surface area contributed by atoms with E-state index in [2.05, 4.69) is 92.9 Å². The van der Waals surface area contributed by atoms with Gasteiger partial charge in [-0.15, -0.1) is 0 Å². The topological polar surface area (TPSA) is 41.6 Å². The van der Waals surface area contributed by atoms with Crippen LogP contribution in [0.4, 0.5) is 0 Å². The molecule has 5 heteroatoms. The van der Waals surface area contributed by atoms with Crippen molar-refractivity contribution < 1.29 is 9.53 Å². The maximum atomic E-state index is 14.3. The van der Waals surface area contributed by atoms with Crippen LogP contribution in [0.15, 0.2) is 83.3 Å². The van der Waals surface area contributed by atoms with E-state index in [-0.39, 0.29) is 23.3 Å². The molecule has 2 fully saturated rings. The van der Waals surface area contributed by atoms with Gasteiger partial charge in [0.1, 0.15) is 12.4 Å². The quantitative estimate of drug-likeness (QED) is 0.503. The minimum absolute atomic E-state index is 0.0806. The van der Waals surface area contributed by atoms with Gasteiger partial charge in [0, 0.05) is 29.7 Å². The Bertz CT molecular complexity index is 1190. The maximum Gasteiger partial charge on any atom is 0.228 e. The minimum Gasteiger partial charge on any atom is -0.492 e. The molecule has 34 heavy (non-hydrogen) atoms. The molecule has 3 aromatic rings. The number of halogens is 1. The Morgan fingerprint density at radius 1 is 1.00 bits per heavy atom. The van der Waals surface area contributed by atoms with Crippen molar-refractivity contribution >= 4 is 21.8 Å². The van der Waals surface area contributed by atoms with Crippen molar-refractivity contribution in [1.82, 2.24) is 10.2 Å². The summed E-state index contributed by atoms with van der Waals surface area (Å²) in [4.78, 5) is 16.5. The first-order valence-corrected chi connectivity index (χ1v) is 13.0. The lowest BCUT2D eigenvalue weighted by molar-refractivity contribution is -0.141. The SMILES string of the molecule is O=C(C1CNCC12COc1cc(Br)ccc12)N1CC[C@@H](c2ccccc2)C[C@H]1c1ccccc1. The smallest absolute Gasteiger partial charge is 0.228 e. The van der Waals surface area contributed by atoms with E-state index in [0.29, 0.717) is 19.1 Å². The lowest BCUT2D eigenvalue weighted by Crippen LogP contribution is -2.50. The second-order valence-corrected chi connectivity index (χ2v) is 10.8. The number of nitrogens with zero attached hydrogens (tertiary/aromatic N) is 1. The van der Waals surface area contributed by atoms with Crippen molar-refractivity contribution in [2.75, 3.05) is 26.2 Å². The van der Waals surface area contributed by atoms with E-state index in [1.165, 1.54) is 11.1 Å². The van der Waals surface area contributed by atoms with E-state index in [9.17, 15) is 4.79 Å². The molecule has 3 aromatic carbocycles. The second-order valence-electron chi connectivity index (χ2n) is 9.86. The van der Waals surface area contributed by atoms with Gasteiger partial charge in [-0.05, 0) is 42.0 Å². The molecular weight excluding hydrogens is 488 g/mol. The first kappa shape index (κ1) is 21.9. The van der Waals surface area contributed by atoms with E-state index in [0.717, 1.165) is 41.7 Å². The number of rotatable bonds is 3. The number of ether oxygens (including phenoxy) is 1. The van der Waals surface area contributed by atoms with Crippen LogP contribution in [0.25, 0.3) is 0 Å². The number of hydrogen-bond donors (Lipinski definition) is 1. The summed E-state index contributed by atoms with van der Waals surface area (Å²) in [5.74, 6) is 1.48. The lowest BCUT2D eigenvalue weighted by atomic mass is 9.72. The second kappa shape index (κ2) is 8.86. The van der Waals surface area contributed by atoms with Gasteiger partial charge in [-0.2, -0.15) is 0 Å². The predicted octanol–water partition coefficient (Wildman–Crippen LogP) is 5.45. The van der Waals surface area contributed by atoms with E-state index < -0.39 is 0 Å². The summed E-state index contributed by atoms with van der Waals surface area (Å²) in [5.41, 5.74) is 3.46. The monoisotopic (exact) mass is 516 g/mol. The zero-order valence-electron chi connectivity index (χ0n) is 19.1. The lowest BCUT2D eigenvalue weighted by Gasteiger charge is -2.43. The van der Waals surface area contributed by atoms with Crippen LogP contribution in [0.3, 0.4) is 0 Å². The van der Waals surface area contributed by atoms with Gasteiger partial charge in [-0.25, -0.2) is 0 Å². The average molecular weight is 517 g/mol. The van der Waals surface area contributed by atoms with Crippen molar-refractivity contribution in [2.24, 2.45) is 5.92 Å². The number of piperidine rings is 1. The number of benzene rings is 3. The number of carbonyl (C=O) groups excluding carboxylic acids is 1. The number of fused-ring (bicyclic) bond motifs is 2. The highest BCUT2D eigenvalue weighted by molar-refractivity contribution is 9.10. The summed E-state index contributed by atoms with van der Waals surface area (Å²) in [7, 11) is 0. The first-order valence-electron chi connectivity index (χ1n) is 12.2. The van der Waals surface area contributed by atoms with Gasteiger partial charge in [0.05, 0.1) is 17.4 Å². The summed E-state index contributed by atoms with van der Waals surface area (Å²) in [6, 6.07) is 27.6. The fraction of sp³-hybridized carbons (Fsp3) is 0.345. The number of carbonyl (C=O) groups is 1. The molecule has 0 bridgehead atoms. The molecule has 1 N–H and O–H groups in total. The summed E-state index contributed by atoms with van der Waals surface area (Å²) < 4.78 is 7.13. The molecule has 3 heterocycles. The van der Waals surface area contributed by atoms with Crippen molar-refractivity contribution in [3.8, 4) is 5.75 Å². The molecule has 4 atom stereocenters. The van der Waals surface area contributed by atoms with E-state index in [4.69, 9.17) is 4.74 Å². The number of hydrogen-bond acceptors (Lipinski definition) is 3. The van der Waals surface area contributed by atoms with Crippen LogP contribution in [-0.4, -0.2) is 37.0 Å². The number of amides is 1. The largest absolute Gasteiger partial charge is 0.492 e. The Morgan fingerprint density at radius 3 is 2.50 bits per heavy atom. The number of nitrogens with one attached hydrogen (secondary N) is 1. The molecule has 0 radical (unpaired) electrons. The van der Waals surface area contributed by atoms with Crippen LogP contribution in [0.5, 0.6) is 5.75 Å². The van der Waals surface area contributed by atoms with Gasteiger partial charge in [-0.1, -0.05) is 82.7 Å². The Balaban J connectivity index is 1.33. The molecule has 3 aliphatic rings. The van der Waals surface area contributed by atoms with Gasteiger partial charge in [0.2, 0.25) is 5.91 Å². The van der Waals surface area contributed by atoms with Crippen molar-refractivity contribution in [3.05, 3.63) is 100 Å². The third-order valence-electron chi connectivity index (χ3n) is 8.06. The third-order valence-corrected chi connectivity index (χ3v) is 8.55. The molecule has 0 saturated carbocycles. The van der Waals surface area contributed by atoms with Crippen molar-refractivity contribution in [1.29, 1.82) is 0 Å². The van der Waals surface area contributed by atoms with Gasteiger partial charge < -0.3 is 15.0 Å². The van der Waals surface area contributed by atoms with Gasteiger partial charge in [0.25, 0.3) is 0 Å². The molecule has 2 unspecified atom stereocenters. The van der Waals surface area contributed by atoms with Crippen LogP contribution < -0.4 is 10.1 Å². The van der Waals surface area contributed by atoms with Crippen LogP contribution in [-0.2, 0) is 10.2 Å². The highest BCUT2D eigenvalue weighted by Crippen LogP contribution is 2.48. The Morgan fingerprint density at radius 2 is 1.74 bits per heavy atom. The zero-order valence-corrected chi connectivity index (χ0v) is 20.7. The molecular formula is C29H29BrN2O2. The van der Waals surface area contributed by atoms with Crippen LogP contribution in [0.1, 0.15) is 41.5 Å². The van der Waals surface area contributed by atoms with Crippen molar-refractivity contribution in [3.63, 3.8) is 0 Å². The fourth-order valence-corrected chi connectivity index (χ4v) is 6.62. The molecule has 0 aromatic heterocycles. The zero-order chi connectivity index (χ0) is 23.1. The number of likely N-dealkylation sites (tertiary alicyclic amines) is 1. The normalized spacial score (nSPS) is 28.0. The van der Waals surface area contributed by atoms with E-state index in [1.807, 2.05) is 12.1 Å². The summed E-state index contributed by atoms with van der Waals surface area (Å²) in [6.07, 6.45) is 1.94. The van der Waals surface area contributed by atoms with Crippen LogP contribution in [0, 0.1) is 5.92 Å². The summed E-state index contributed by atoms with van der Waals surface area (Å²) in [6.45, 7) is 2.80. The summed E-state index contributed by atoms with van der Waals surface area (Å²) >= 11 is 3.56. The summed E-state index contributed by atoms with van der Waals surface area (Å²) in [5, 5.41) is 3.53. The molecule has 3 aliphatic heterocycles. The first-order chi connectivity index (χ1) is 16.7. The van der Waals surface area contributed by atoms with Crippen LogP contribution >= 0.6 is 15.9 Å². The standard InChI is InChI=1S/C29H29BrN2O2/c30-23-11-12-24-27(16-23)34-19-29(24)18-31-17-25(29)28(33)32-14-13-22(20-7-3-1-4-8-20)15-26(32)21-9-5-2-6-10-21/h1-12,16,22,25-26,31H,13-15,17-19H2/t22-,25?,26+,29?/m1/s1. The molecule has 0 aliphatic carbocycles. The van der Waals surface area contributed by atoms with Gasteiger partial charge >= 0.3 is 0 Å². The van der Waals surface area contributed by atoms with E-state index in [1.54, 1.807) is 0 Å².